The number of benzene rings is 1. The minimum atomic E-state index is -0.739. The normalized spacial score (nSPS) is 37.1. The van der Waals surface area contributed by atoms with E-state index in [0.717, 1.165) is 5.56 Å². The molecule has 0 saturated carbocycles. The van der Waals surface area contributed by atoms with Crippen molar-refractivity contribution in [2.45, 2.75) is 56.9 Å². The Labute approximate surface area is 139 Å². The third-order valence-electron chi connectivity index (χ3n) is 4.29. The molecule has 1 aromatic carbocycles. The maximum absolute atomic E-state index is 11.2. The molecule has 0 aromatic heterocycles. The molecular formula is C17H20O7. The minimum Gasteiger partial charge on any atom is -0.430 e. The zero-order chi connectivity index (χ0) is 16.7. The lowest BCUT2D eigenvalue weighted by Crippen LogP contribution is -2.43. The number of carbonyl (C=O) groups is 1. The summed E-state index contributed by atoms with van der Waals surface area (Å²) < 4.78 is 33.7. The summed E-state index contributed by atoms with van der Waals surface area (Å²) in [7, 11) is 0. The van der Waals surface area contributed by atoms with Crippen molar-refractivity contribution in [3.8, 4) is 0 Å². The second-order valence-electron chi connectivity index (χ2n) is 6.55. The Morgan fingerprint density at radius 2 is 1.96 bits per heavy atom. The van der Waals surface area contributed by atoms with E-state index in [0.29, 0.717) is 6.61 Å². The molecule has 5 atom stereocenters. The molecule has 2 unspecified atom stereocenters. The number of fused-ring (bicyclic) bond motifs is 1. The molecule has 130 valence electrons. The first-order valence-electron chi connectivity index (χ1n) is 8.02. The Morgan fingerprint density at radius 1 is 1.17 bits per heavy atom. The largest absolute Gasteiger partial charge is 0.508 e. The van der Waals surface area contributed by atoms with Gasteiger partial charge in [-0.05, 0) is 19.4 Å². The number of rotatable bonds is 4. The van der Waals surface area contributed by atoms with Gasteiger partial charge in [-0.15, -0.1) is 0 Å². The third kappa shape index (κ3) is 3.00. The van der Waals surface area contributed by atoms with Crippen molar-refractivity contribution in [2.24, 2.45) is 0 Å². The van der Waals surface area contributed by atoms with Gasteiger partial charge in [0.2, 0.25) is 0 Å². The van der Waals surface area contributed by atoms with Crippen molar-refractivity contribution in [3.63, 3.8) is 0 Å². The van der Waals surface area contributed by atoms with Gasteiger partial charge in [-0.2, -0.15) is 0 Å². The van der Waals surface area contributed by atoms with Crippen LogP contribution in [-0.4, -0.2) is 49.3 Å². The standard InChI is InChI=1S/C17H20O7/c1-17(2)23-14-13(19-8-10-6-4-3-5-7-10)12(22-15(14)24-17)11-9-20-16(18)21-11/h3-7,11-15H,8-9H2,1-2H3/t11-,12+,13?,14?,15+/m0/s1. The van der Waals surface area contributed by atoms with Crippen molar-refractivity contribution < 1.29 is 33.2 Å². The van der Waals surface area contributed by atoms with Gasteiger partial charge in [0, 0.05) is 0 Å². The molecule has 3 aliphatic heterocycles. The van der Waals surface area contributed by atoms with Gasteiger partial charge in [0.15, 0.2) is 18.2 Å². The number of hydrogen-bond acceptors (Lipinski definition) is 7. The summed E-state index contributed by atoms with van der Waals surface area (Å²) >= 11 is 0. The van der Waals surface area contributed by atoms with Crippen LogP contribution in [0.5, 0.6) is 0 Å². The summed E-state index contributed by atoms with van der Waals surface area (Å²) in [5.41, 5.74) is 1.04. The number of ether oxygens (including phenoxy) is 6. The molecule has 0 amide bonds. The summed E-state index contributed by atoms with van der Waals surface area (Å²) in [6.07, 6.45) is -3.07. The van der Waals surface area contributed by atoms with Crippen LogP contribution in [0.1, 0.15) is 19.4 Å². The van der Waals surface area contributed by atoms with Crippen LogP contribution in [0.15, 0.2) is 30.3 Å². The van der Waals surface area contributed by atoms with Crippen LogP contribution < -0.4 is 0 Å². The van der Waals surface area contributed by atoms with Gasteiger partial charge in [-0.25, -0.2) is 4.79 Å². The molecule has 0 bridgehead atoms. The molecule has 0 N–H and O–H groups in total. The van der Waals surface area contributed by atoms with Gasteiger partial charge in [-0.3, -0.25) is 0 Å². The van der Waals surface area contributed by atoms with Gasteiger partial charge in [0.05, 0.1) is 6.61 Å². The smallest absolute Gasteiger partial charge is 0.430 e. The quantitative estimate of drug-likeness (QED) is 0.779. The fourth-order valence-corrected chi connectivity index (χ4v) is 3.26. The molecule has 24 heavy (non-hydrogen) atoms. The molecule has 4 rings (SSSR count). The second-order valence-corrected chi connectivity index (χ2v) is 6.55. The Balaban J connectivity index is 1.50. The fourth-order valence-electron chi connectivity index (χ4n) is 3.26. The van der Waals surface area contributed by atoms with Gasteiger partial charge < -0.3 is 28.4 Å². The Hall–Kier alpha value is -1.67. The van der Waals surface area contributed by atoms with Crippen molar-refractivity contribution in [1.29, 1.82) is 0 Å². The molecule has 7 heteroatoms. The predicted molar refractivity (Wildman–Crippen MR) is 79.9 cm³/mol. The van der Waals surface area contributed by atoms with E-state index in [1.807, 2.05) is 44.2 Å². The van der Waals surface area contributed by atoms with Gasteiger partial charge in [-0.1, -0.05) is 30.3 Å². The molecule has 3 heterocycles. The van der Waals surface area contributed by atoms with Crippen LogP contribution >= 0.6 is 0 Å². The summed E-state index contributed by atoms with van der Waals surface area (Å²) in [6.45, 7) is 4.20. The molecule has 7 nitrogen and oxygen atoms in total. The molecular weight excluding hydrogens is 316 g/mol. The average molecular weight is 336 g/mol. The van der Waals surface area contributed by atoms with Gasteiger partial charge >= 0.3 is 6.16 Å². The highest BCUT2D eigenvalue weighted by atomic mass is 16.8. The van der Waals surface area contributed by atoms with Crippen LogP contribution in [0, 0.1) is 0 Å². The lowest BCUT2D eigenvalue weighted by atomic mass is 10.1. The van der Waals surface area contributed by atoms with E-state index in [9.17, 15) is 4.79 Å². The van der Waals surface area contributed by atoms with E-state index in [4.69, 9.17) is 28.4 Å². The molecule has 0 aliphatic carbocycles. The minimum absolute atomic E-state index is 0.136. The third-order valence-corrected chi connectivity index (χ3v) is 4.29. The molecule has 3 saturated heterocycles. The first kappa shape index (κ1) is 15.8. The van der Waals surface area contributed by atoms with Crippen molar-refractivity contribution in [3.05, 3.63) is 35.9 Å². The van der Waals surface area contributed by atoms with E-state index < -0.39 is 36.5 Å². The van der Waals surface area contributed by atoms with Crippen LogP contribution in [0.4, 0.5) is 4.79 Å². The Morgan fingerprint density at radius 3 is 2.67 bits per heavy atom. The first-order chi connectivity index (χ1) is 11.5. The monoisotopic (exact) mass is 336 g/mol. The average Bonchev–Trinajstić information content (AvgIpc) is 3.18. The van der Waals surface area contributed by atoms with Crippen molar-refractivity contribution in [1.82, 2.24) is 0 Å². The molecule has 0 spiro atoms. The highest BCUT2D eigenvalue weighted by Crippen LogP contribution is 2.41. The van der Waals surface area contributed by atoms with Gasteiger partial charge in [0.25, 0.3) is 0 Å². The van der Waals surface area contributed by atoms with Gasteiger partial charge in [0.1, 0.15) is 24.9 Å². The van der Waals surface area contributed by atoms with Crippen LogP contribution in [0.2, 0.25) is 0 Å². The second kappa shape index (κ2) is 6.00. The zero-order valence-electron chi connectivity index (χ0n) is 13.5. The SMILES string of the molecule is CC1(C)OC2C(OCc3ccccc3)[C@@H]([C@@H]3COC(=O)O3)O[C@@H]2O1. The number of hydrogen-bond donors (Lipinski definition) is 0. The summed E-state index contributed by atoms with van der Waals surface area (Å²) in [6, 6.07) is 9.82. The Kier molecular flexibility index (Phi) is 3.96. The van der Waals surface area contributed by atoms with E-state index in [-0.39, 0.29) is 12.7 Å². The maximum Gasteiger partial charge on any atom is 0.508 e. The van der Waals surface area contributed by atoms with Crippen LogP contribution in [-0.2, 0) is 35.0 Å². The predicted octanol–water partition coefficient (Wildman–Crippen LogP) is 1.98. The molecule has 3 fully saturated rings. The highest BCUT2D eigenvalue weighted by molar-refractivity contribution is 5.62. The highest BCUT2D eigenvalue weighted by Gasteiger charge is 2.58. The maximum atomic E-state index is 11.2. The van der Waals surface area contributed by atoms with Crippen LogP contribution in [0.3, 0.4) is 0 Å². The topological polar surface area (TPSA) is 72.5 Å². The van der Waals surface area contributed by atoms with E-state index in [1.54, 1.807) is 0 Å². The zero-order valence-corrected chi connectivity index (χ0v) is 13.5. The lowest BCUT2D eigenvalue weighted by Gasteiger charge is -2.27. The van der Waals surface area contributed by atoms with Crippen LogP contribution in [0.25, 0.3) is 0 Å². The van der Waals surface area contributed by atoms with E-state index in [2.05, 4.69) is 0 Å². The van der Waals surface area contributed by atoms with Crippen molar-refractivity contribution >= 4 is 6.16 Å². The summed E-state index contributed by atoms with van der Waals surface area (Å²) in [5, 5.41) is 0. The molecule has 1 aromatic rings. The van der Waals surface area contributed by atoms with Crippen molar-refractivity contribution in [2.75, 3.05) is 6.61 Å². The Bertz CT molecular complexity index is 602. The molecule has 0 radical (unpaired) electrons. The number of carbonyl (C=O) groups excluding carboxylic acids is 1. The molecule has 3 aliphatic rings. The number of cyclic esters (lactones) is 2. The first-order valence-corrected chi connectivity index (χ1v) is 8.02. The van der Waals surface area contributed by atoms with E-state index >= 15 is 0 Å². The summed E-state index contributed by atoms with van der Waals surface area (Å²) in [5.74, 6) is -0.739. The lowest BCUT2D eigenvalue weighted by molar-refractivity contribution is -0.228. The summed E-state index contributed by atoms with van der Waals surface area (Å²) in [4.78, 5) is 11.2. The van der Waals surface area contributed by atoms with E-state index in [1.165, 1.54) is 0 Å². The fraction of sp³-hybridized carbons (Fsp3) is 0.588.